The smallest absolute Gasteiger partial charge is 0.260 e. The standard InChI is InChI=1S/C28H36N6O4/c29-25(35)23-11-7-17-33(23)27(37)21-9-5-15-31(19-21)13-3-1-2-4-14-32-16-6-10-22(20-32)28(38)34-18-8-12-24(34)26(30)36/h5-6,9-10,15-16,19-20,23-24H,1-4,7-8,11-14,17-18H2,(H2-2,29,30,35,36)/p+2/t23-,24-/m0/s1. The van der Waals surface area contributed by atoms with E-state index in [2.05, 4.69) is 0 Å². The Labute approximate surface area is 223 Å². The molecule has 4 heterocycles. The summed E-state index contributed by atoms with van der Waals surface area (Å²) in [6.45, 7) is 2.72. The van der Waals surface area contributed by atoms with Crippen molar-refractivity contribution in [1.82, 2.24) is 9.80 Å². The van der Waals surface area contributed by atoms with Gasteiger partial charge in [0.25, 0.3) is 11.8 Å². The Hall–Kier alpha value is -3.82. The molecule has 2 fully saturated rings. The first kappa shape index (κ1) is 27.2. The van der Waals surface area contributed by atoms with Gasteiger partial charge in [-0.05, 0) is 50.7 Å². The Balaban J connectivity index is 1.21. The predicted molar refractivity (Wildman–Crippen MR) is 138 cm³/mol. The highest BCUT2D eigenvalue weighted by Gasteiger charge is 2.35. The second kappa shape index (κ2) is 12.6. The van der Waals surface area contributed by atoms with E-state index in [-0.39, 0.29) is 11.8 Å². The Morgan fingerprint density at radius 2 is 1.13 bits per heavy atom. The van der Waals surface area contributed by atoms with Crippen LogP contribution in [0.1, 0.15) is 72.1 Å². The first-order valence-electron chi connectivity index (χ1n) is 13.5. The predicted octanol–water partition coefficient (Wildman–Crippen LogP) is 0.702. The summed E-state index contributed by atoms with van der Waals surface area (Å²) in [7, 11) is 0. The number of pyridine rings is 2. The van der Waals surface area contributed by atoms with Crippen LogP contribution in [0.15, 0.2) is 49.1 Å². The Bertz CT molecular complexity index is 1090. The lowest BCUT2D eigenvalue weighted by molar-refractivity contribution is -0.699. The number of primary amides is 2. The fourth-order valence-corrected chi connectivity index (χ4v) is 5.46. The Morgan fingerprint density at radius 3 is 1.53 bits per heavy atom. The van der Waals surface area contributed by atoms with Crippen LogP contribution in [0.2, 0.25) is 0 Å². The highest BCUT2D eigenvalue weighted by molar-refractivity contribution is 5.98. The van der Waals surface area contributed by atoms with Gasteiger partial charge in [0.1, 0.15) is 36.3 Å². The Morgan fingerprint density at radius 1 is 0.711 bits per heavy atom. The summed E-state index contributed by atoms with van der Waals surface area (Å²) in [5, 5.41) is 0. The first-order chi connectivity index (χ1) is 18.3. The summed E-state index contributed by atoms with van der Waals surface area (Å²) in [5.74, 6) is -1.18. The summed E-state index contributed by atoms with van der Waals surface area (Å²) >= 11 is 0. The highest BCUT2D eigenvalue weighted by atomic mass is 16.2. The van der Waals surface area contributed by atoms with Gasteiger partial charge in [-0.25, -0.2) is 9.13 Å². The minimum atomic E-state index is -0.514. The molecule has 2 aliphatic rings. The summed E-state index contributed by atoms with van der Waals surface area (Å²) in [5.41, 5.74) is 12.1. The zero-order valence-electron chi connectivity index (χ0n) is 21.8. The largest absolute Gasteiger partial charge is 0.368 e. The molecule has 0 bridgehead atoms. The molecular weight excluding hydrogens is 484 g/mol. The van der Waals surface area contributed by atoms with Gasteiger partial charge in [0.2, 0.25) is 11.8 Å². The molecule has 0 aliphatic carbocycles. The van der Waals surface area contributed by atoms with Crippen LogP contribution in [0.25, 0.3) is 0 Å². The van der Waals surface area contributed by atoms with Crippen molar-refractivity contribution >= 4 is 23.6 Å². The average Bonchev–Trinajstić information content (AvgIpc) is 3.61. The first-order valence-corrected chi connectivity index (χ1v) is 13.5. The molecule has 2 aromatic rings. The van der Waals surface area contributed by atoms with Crippen LogP contribution in [-0.4, -0.2) is 58.6 Å². The van der Waals surface area contributed by atoms with E-state index in [4.69, 9.17) is 11.5 Å². The van der Waals surface area contributed by atoms with E-state index in [1.807, 2.05) is 46.1 Å². The van der Waals surface area contributed by atoms with Gasteiger partial charge in [0.05, 0.1) is 0 Å². The maximum atomic E-state index is 12.9. The lowest BCUT2D eigenvalue weighted by Gasteiger charge is -2.21. The maximum Gasteiger partial charge on any atom is 0.260 e. The second-order valence-corrected chi connectivity index (χ2v) is 10.2. The van der Waals surface area contributed by atoms with Crippen LogP contribution >= 0.6 is 0 Å². The van der Waals surface area contributed by atoms with Crippen molar-refractivity contribution in [3.05, 3.63) is 60.2 Å². The fraction of sp³-hybridized carbons (Fsp3) is 0.500. The molecule has 4 N–H and O–H groups in total. The lowest BCUT2D eigenvalue weighted by atomic mass is 10.1. The molecule has 0 aromatic carbocycles. The quantitative estimate of drug-likeness (QED) is 0.332. The minimum absolute atomic E-state index is 0.145. The van der Waals surface area contributed by atoms with E-state index in [1.165, 1.54) is 0 Å². The van der Waals surface area contributed by atoms with Crippen LogP contribution < -0.4 is 20.6 Å². The number of hydrogen-bond donors (Lipinski definition) is 2. The van der Waals surface area contributed by atoms with Crippen LogP contribution in [0.3, 0.4) is 0 Å². The van der Waals surface area contributed by atoms with Gasteiger partial charge in [-0.1, -0.05) is 0 Å². The molecule has 2 aliphatic heterocycles. The number of nitrogens with two attached hydrogens (primary N) is 2. The van der Waals surface area contributed by atoms with Crippen LogP contribution in [0.5, 0.6) is 0 Å². The van der Waals surface area contributed by atoms with Crippen molar-refractivity contribution < 1.29 is 28.3 Å². The maximum absolute atomic E-state index is 12.9. The molecule has 2 saturated heterocycles. The number of carbonyl (C=O) groups excluding carboxylic acids is 4. The lowest BCUT2D eigenvalue weighted by Crippen LogP contribution is -2.44. The molecular formula is C28H38N6O4+2. The molecule has 0 unspecified atom stereocenters. The number of unbranched alkanes of at least 4 members (excludes halogenated alkanes) is 3. The van der Waals surface area contributed by atoms with Crippen molar-refractivity contribution in [3.8, 4) is 0 Å². The van der Waals surface area contributed by atoms with E-state index < -0.39 is 23.9 Å². The van der Waals surface area contributed by atoms with Gasteiger partial charge < -0.3 is 21.3 Å². The van der Waals surface area contributed by atoms with Gasteiger partial charge in [-0.2, -0.15) is 0 Å². The van der Waals surface area contributed by atoms with Gasteiger partial charge in [0, 0.05) is 38.1 Å². The van der Waals surface area contributed by atoms with Crippen molar-refractivity contribution in [3.63, 3.8) is 0 Å². The third kappa shape index (κ3) is 6.54. The number of nitrogens with zero attached hydrogens (tertiary/aromatic N) is 4. The fourth-order valence-electron chi connectivity index (χ4n) is 5.46. The monoisotopic (exact) mass is 522 g/mol. The summed E-state index contributed by atoms with van der Waals surface area (Å²) < 4.78 is 4.04. The zero-order chi connectivity index (χ0) is 27.1. The number of rotatable bonds is 11. The van der Waals surface area contributed by atoms with E-state index in [1.54, 1.807) is 21.9 Å². The van der Waals surface area contributed by atoms with Crippen molar-refractivity contribution in [1.29, 1.82) is 0 Å². The van der Waals surface area contributed by atoms with Crippen molar-refractivity contribution in [2.75, 3.05) is 13.1 Å². The normalized spacial score (nSPS) is 19.1. The highest BCUT2D eigenvalue weighted by Crippen LogP contribution is 2.20. The van der Waals surface area contributed by atoms with Gasteiger partial charge in [-0.15, -0.1) is 0 Å². The number of amides is 4. The average molecular weight is 523 g/mol. The summed E-state index contributed by atoms with van der Waals surface area (Å²) in [4.78, 5) is 52.3. The van der Waals surface area contributed by atoms with Gasteiger partial charge in [0.15, 0.2) is 24.8 Å². The van der Waals surface area contributed by atoms with Crippen LogP contribution in [0.4, 0.5) is 0 Å². The molecule has 10 nitrogen and oxygen atoms in total. The summed E-state index contributed by atoms with van der Waals surface area (Å²) in [6.07, 6.45) is 14.5. The third-order valence-corrected chi connectivity index (χ3v) is 7.48. The number of likely N-dealkylation sites (tertiary alicyclic amines) is 2. The molecule has 4 rings (SSSR count). The van der Waals surface area contributed by atoms with Crippen molar-refractivity contribution in [2.24, 2.45) is 11.5 Å². The topological polar surface area (TPSA) is 135 Å². The number of hydrogen-bond acceptors (Lipinski definition) is 4. The Kier molecular flexibility index (Phi) is 9.04. The third-order valence-electron chi connectivity index (χ3n) is 7.48. The second-order valence-electron chi connectivity index (χ2n) is 10.2. The molecule has 0 saturated carbocycles. The van der Waals surface area contributed by atoms with Crippen LogP contribution in [0, 0.1) is 0 Å². The van der Waals surface area contributed by atoms with Gasteiger partial charge in [-0.3, -0.25) is 19.2 Å². The molecule has 10 heteroatoms. The van der Waals surface area contributed by atoms with E-state index >= 15 is 0 Å². The van der Waals surface area contributed by atoms with Gasteiger partial charge >= 0.3 is 0 Å². The molecule has 4 amide bonds. The number of aryl methyl sites for hydroxylation is 2. The molecule has 2 aromatic heterocycles. The SMILES string of the molecule is NC(=O)[C@@H]1CCCN1C(=O)c1ccc[n+](CCCCCC[n+]2cccc(C(=O)N3CCC[C@H]3C(N)=O)c2)c1. The molecule has 2 atom stereocenters. The molecule has 0 spiro atoms. The molecule has 0 radical (unpaired) electrons. The van der Waals surface area contributed by atoms with E-state index in [0.717, 1.165) is 51.6 Å². The molecule has 202 valence electrons. The number of carbonyl (C=O) groups is 4. The minimum Gasteiger partial charge on any atom is -0.368 e. The van der Waals surface area contributed by atoms with Crippen LogP contribution in [-0.2, 0) is 22.7 Å². The number of aromatic nitrogens is 2. The summed E-state index contributed by atoms with van der Waals surface area (Å²) in [6, 6.07) is 6.26. The zero-order valence-corrected chi connectivity index (χ0v) is 21.8. The van der Waals surface area contributed by atoms with E-state index in [0.29, 0.717) is 37.1 Å². The van der Waals surface area contributed by atoms with E-state index in [9.17, 15) is 19.2 Å². The van der Waals surface area contributed by atoms with Crippen molar-refractivity contribution in [2.45, 2.75) is 76.5 Å². The molecule has 38 heavy (non-hydrogen) atoms.